The smallest absolute Gasteiger partial charge is 0.325 e. The van der Waals surface area contributed by atoms with E-state index < -0.39 is 17.6 Å². The van der Waals surface area contributed by atoms with Crippen LogP contribution in [0.25, 0.3) is 17.0 Å². The lowest BCUT2D eigenvalue weighted by Gasteiger charge is -2.09. The third-order valence-electron chi connectivity index (χ3n) is 4.37. The van der Waals surface area contributed by atoms with Crippen LogP contribution in [0.3, 0.4) is 0 Å². The van der Waals surface area contributed by atoms with Crippen molar-refractivity contribution < 1.29 is 18.0 Å². The number of rotatable bonds is 5. The molecule has 1 N–H and O–H groups in total. The number of alkyl halides is 3. The predicted octanol–water partition coefficient (Wildman–Crippen LogP) is 4.85. The van der Waals surface area contributed by atoms with Crippen LogP contribution in [0.2, 0.25) is 0 Å². The van der Waals surface area contributed by atoms with E-state index in [1.807, 2.05) is 31.2 Å². The van der Waals surface area contributed by atoms with Crippen LogP contribution in [-0.4, -0.2) is 31.5 Å². The summed E-state index contributed by atoms with van der Waals surface area (Å²) in [4.78, 5) is 12.2. The normalized spacial score (nSPS) is 11.6. The number of fused-ring (bicyclic) bond motifs is 1. The van der Waals surface area contributed by atoms with Gasteiger partial charge in [-0.15, -0.1) is 10.2 Å². The molecule has 2 aromatic heterocycles. The minimum atomic E-state index is -4.47. The first kappa shape index (κ1) is 20.9. The quantitative estimate of drug-likeness (QED) is 0.447. The minimum Gasteiger partial charge on any atom is -0.325 e. The van der Waals surface area contributed by atoms with Crippen molar-refractivity contribution in [3.63, 3.8) is 0 Å². The van der Waals surface area contributed by atoms with Gasteiger partial charge in [0, 0.05) is 11.3 Å². The topological polar surface area (TPSA) is 72.2 Å². The highest BCUT2D eigenvalue weighted by Gasteiger charge is 2.30. The third-order valence-corrected chi connectivity index (χ3v) is 5.29. The number of hydrogen-bond donors (Lipinski definition) is 1. The fraction of sp³-hybridized carbons (Fsp3) is 0.143. The molecule has 0 saturated heterocycles. The first-order valence-electron chi connectivity index (χ1n) is 9.19. The zero-order valence-electron chi connectivity index (χ0n) is 16.2. The van der Waals surface area contributed by atoms with E-state index in [-0.39, 0.29) is 11.4 Å². The highest BCUT2D eigenvalue weighted by molar-refractivity contribution is 7.99. The van der Waals surface area contributed by atoms with Crippen molar-refractivity contribution in [2.75, 3.05) is 11.1 Å². The van der Waals surface area contributed by atoms with Crippen LogP contribution >= 0.6 is 11.8 Å². The van der Waals surface area contributed by atoms with Crippen molar-refractivity contribution in [2.24, 2.45) is 0 Å². The van der Waals surface area contributed by atoms with Gasteiger partial charge in [-0.25, -0.2) is 0 Å². The van der Waals surface area contributed by atoms with Gasteiger partial charge < -0.3 is 5.32 Å². The molecule has 0 bridgehead atoms. The average Bonchev–Trinajstić information content (AvgIpc) is 3.16. The van der Waals surface area contributed by atoms with Crippen molar-refractivity contribution in [1.29, 1.82) is 0 Å². The zero-order chi connectivity index (χ0) is 22.0. The monoisotopic (exact) mass is 443 g/mol. The molecule has 0 atom stereocenters. The molecule has 0 aliphatic heterocycles. The number of nitrogens with zero attached hydrogens (tertiary/aromatic N) is 4. The number of halogens is 3. The lowest BCUT2D eigenvalue weighted by molar-refractivity contribution is -0.137. The summed E-state index contributed by atoms with van der Waals surface area (Å²) < 4.78 is 40.0. The van der Waals surface area contributed by atoms with E-state index in [0.29, 0.717) is 16.5 Å². The van der Waals surface area contributed by atoms with Crippen molar-refractivity contribution in [2.45, 2.75) is 18.1 Å². The van der Waals surface area contributed by atoms with Gasteiger partial charge in [0.1, 0.15) is 5.03 Å². The Hall–Kier alpha value is -3.40. The maximum Gasteiger partial charge on any atom is 0.416 e. The van der Waals surface area contributed by atoms with Crippen molar-refractivity contribution in [3.8, 4) is 11.4 Å². The van der Waals surface area contributed by atoms with E-state index in [0.717, 1.165) is 35.0 Å². The number of anilines is 1. The van der Waals surface area contributed by atoms with Crippen molar-refractivity contribution >= 4 is 29.0 Å². The number of aromatic nitrogens is 4. The van der Waals surface area contributed by atoms with Gasteiger partial charge in [-0.1, -0.05) is 47.7 Å². The van der Waals surface area contributed by atoms with E-state index in [4.69, 9.17) is 0 Å². The van der Waals surface area contributed by atoms with Gasteiger partial charge in [-0.05, 0) is 37.3 Å². The molecule has 4 aromatic rings. The first-order chi connectivity index (χ1) is 14.8. The van der Waals surface area contributed by atoms with Gasteiger partial charge in [0.2, 0.25) is 5.91 Å². The van der Waals surface area contributed by atoms with Gasteiger partial charge in [0.05, 0.1) is 11.3 Å². The largest absolute Gasteiger partial charge is 0.416 e. The van der Waals surface area contributed by atoms with E-state index in [1.165, 1.54) is 12.1 Å². The second kappa shape index (κ2) is 8.38. The Balaban J connectivity index is 1.46. The second-order valence-electron chi connectivity index (χ2n) is 6.75. The van der Waals surface area contributed by atoms with Crippen molar-refractivity contribution in [3.05, 3.63) is 71.8 Å². The Bertz CT molecular complexity index is 1240. The highest BCUT2D eigenvalue weighted by atomic mass is 32.2. The van der Waals surface area contributed by atoms with Gasteiger partial charge in [-0.2, -0.15) is 22.8 Å². The van der Waals surface area contributed by atoms with Crippen LogP contribution in [-0.2, 0) is 11.0 Å². The molecule has 0 aliphatic rings. The molecule has 6 nitrogen and oxygen atoms in total. The number of aryl methyl sites for hydroxylation is 1. The van der Waals surface area contributed by atoms with Gasteiger partial charge >= 0.3 is 6.18 Å². The predicted molar refractivity (Wildman–Crippen MR) is 112 cm³/mol. The lowest BCUT2D eigenvalue weighted by atomic mass is 10.1. The molecule has 0 spiro atoms. The van der Waals surface area contributed by atoms with Gasteiger partial charge in [0.25, 0.3) is 0 Å². The number of carbonyl (C=O) groups is 1. The zero-order valence-corrected chi connectivity index (χ0v) is 17.0. The number of nitrogens with one attached hydrogen (secondary N) is 1. The van der Waals surface area contributed by atoms with Crippen LogP contribution in [0.5, 0.6) is 0 Å². The summed E-state index contributed by atoms with van der Waals surface area (Å²) in [5, 5.41) is 15.8. The molecule has 0 unspecified atom stereocenters. The van der Waals surface area contributed by atoms with Crippen LogP contribution in [0, 0.1) is 6.92 Å². The van der Waals surface area contributed by atoms with E-state index in [1.54, 1.807) is 16.6 Å². The molecule has 2 aromatic carbocycles. The van der Waals surface area contributed by atoms with E-state index in [2.05, 4.69) is 20.6 Å². The summed E-state index contributed by atoms with van der Waals surface area (Å²) in [5.74, 6) is 0.121. The molecule has 1 amide bonds. The van der Waals surface area contributed by atoms with Gasteiger partial charge in [-0.3, -0.25) is 4.79 Å². The summed E-state index contributed by atoms with van der Waals surface area (Å²) in [6.07, 6.45) is -4.47. The summed E-state index contributed by atoms with van der Waals surface area (Å²) in [7, 11) is 0. The molecule has 2 heterocycles. The van der Waals surface area contributed by atoms with Gasteiger partial charge in [0.15, 0.2) is 11.5 Å². The highest BCUT2D eigenvalue weighted by Crippen LogP contribution is 2.30. The summed E-state index contributed by atoms with van der Waals surface area (Å²) in [5.41, 5.74) is 1.81. The Labute approximate surface area is 179 Å². The number of thioether (sulfide) groups is 1. The molecule has 0 saturated carbocycles. The number of amides is 1. The number of carbonyl (C=O) groups excluding carboxylic acids is 1. The van der Waals surface area contributed by atoms with Crippen LogP contribution in [0.1, 0.15) is 11.1 Å². The molecular formula is C21H16F3N5OS. The lowest BCUT2D eigenvalue weighted by Crippen LogP contribution is -2.15. The Morgan fingerprint density at radius 2 is 1.84 bits per heavy atom. The maximum atomic E-state index is 12.8. The Kier molecular flexibility index (Phi) is 5.64. The SMILES string of the molecule is Cc1ccc(-c2nnc3ccc(SCC(=O)Nc4cccc(C(F)(F)F)c4)nn23)cc1. The molecule has 0 fully saturated rings. The Morgan fingerprint density at radius 3 is 2.58 bits per heavy atom. The van der Waals surface area contributed by atoms with Crippen molar-refractivity contribution in [1.82, 2.24) is 19.8 Å². The molecule has 10 heteroatoms. The van der Waals surface area contributed by atoms with Crippen LogP contribution < -0.4 is 5.32 Å². The first-order valence-corrected chi connectivity index (χ1v) is 10.2. The average molecular weight is 443 g/mol. The summed E-state index contributed by atoms with van der Waals surface area (Å²) in [6, 6.07) is 15.8. The van der Waals surface area contributed by atoms with E-state index in [9.17, 15) is 18.0 Å². The van der Waals surface area contributed by atoms with Crippen LogP contribution in [0.15, 0.2) is 65.7 Å². The molecule has 4 rings (SSSR count). The maximum absolute atomic E-state index is 12.8. The molecule has 31 heavy (non-hydrogen) atoms. The number of benzene rings is 2. The molecule has 158 valence electrons. The van der Waals surface area contributed by atoms with E-state index >= 15 is 0 Å². The van der Waals surface area contributed by atoms with Crippen LogP contribution in [0.4, 0.5) is 18.9 Å². The fourth-order valence-corrected chi connectivity index (χ4v) is 3.50. The molecule has 0 aliphatic carbocycles. The molecular weight excluding hydrogens is 427 g/mol. The minimum absolute atomic E-state index is 0.0171. The number of hydrogen-bond acceptors (Lipinski definition) is 5. The standard InChI is InChI=1S/C21H16F3N5OS/c1-13-5-7-14(8-6-13)20-27-26-17-9-10-19(28-29(17)20)31-12-18(30)25-16-4-2-3-15(11-16)21(22,23)24/h2-11H,12H2,1H3,(H,25,30). The molecule has 0 radical (unpaired) electrons. The summed E-state index contributed by atoms with van der Waals surface area (Å²) >= 11 is 1.16. The third kappa shape index (κ3) is 4.85. The second-order valence-corrected chi connectivity index (χ2v) is 7.74. The fourth-order valence-electron chi connectivity index (χ4n) is 2.84. The summed E-state index contributed by atoms with van der Waals surface area (Å²) in [6.45, 7) is 1.99. The Morgan fingerprint density at radius 1 is 1.06 bits per heavy atom.